The van der Waals surface area contributed by atoms with Crippen LogP contribution in [0, 0.1) is 6.92 Å². The Morgan fingerprint density at radius 1 is 1.39 bits per heavy atom. The van der Waals surface area contributed by atoms with Gasteiger partial charge in [-0.1, -0.05) is 25.4 Å². The molecular weight excluding hydrogens is 332 g/mol. The minimum Gasteiger partial charge on any atom is -0.481 e. The Morgan fingerprint density at radius 3 is 2.74 bits per heavy atom. The SMILES string of the molecule is Cc1cc(OC(C)C(=O)NCc2csc(C(C)C)n2)ccc1Cl. The summed E-state index contributed by atoms with van der Waals surface area (Å²) in [6, 6.07) is 5.34. The van der Waals surface area contributed by atoms with E-state index in [9.17, 15) is 4.79 Å². The third kappa shape index (κ3) is 4.94. The lowest BCUT2D eigenvalue weighted by Gasteiger charge is -2.15. The maximum Gasteiger partial charge on any atom is 0.261 e. The van der Waals surface area contributed by atoms with Crippen molar-refractivity contribution in [1.29, 1.82) is 0 Å². The quantitative estimate of drug-likeness (QED) is 0.842. The molecule has 1 N–H and O–H groups in total. The highest BCUT2D eigenvalue weighted by Gasteiger charge is 2.15. The van der Waals surface area contributed by atoms with Gasteiger partial charge >= 0.3 is 0 Å². The number of thiazole rings is 1. The van der Waals surface area contributed by atoms with Gasteiger partial charge in [-0.15, -0.1) is 11.3 Å². The van der Waals surface area contributed by atoms with Crippen LogP contribution >= 0.6 is 22.9 Å². The summed E-state index contributed by atoms with van der Waals surface area (Å²) in [5.41, 5.74) is 1.79. The van der Waals surface area contributed by atoms with Crippen LogP contribution < -0.4 is 10.1 Å². The van der Waals surface area contributed by atoms with E-state index in [1.807, 2.05) is 18.4 Å². The Balaban J connectivity index is 1.87. The Kier molecular flexibility index (Phi) is 6.02. The van der Waals surface area contributed by atoms with Crippen LogP contribution in [0.2, 0.25) is 5.02 Å². The highest BCUT2D eigenvalue weighted by atomic mass is 35.5. The number of nitrogens with one attached hydrogen (secondary N) is 1. The monoisotopic (exact) mass is 352 g/mol. The van der Waals surface area contributed by atoms with E-state index in [1.165, 1.54) is 0 Å². The summed E-state index contributed by atoms with van der Waals surface area (Å²) in [4.78, 5) is 16.6. The van der Waals surface area contributed by atoms with Crippen LogP contribution in [0.25, 0.3) is 0 Å². The molecule has 1 aromatic heterocycles. The lowest BCUT2D eigenvalue weighted by Crippen LogP contribution is -2.36. The second kappa shape index (κ2) is 7.79. The average Bonchev–Trinajstić information content (AvgIpc) is 2.97. The number of aromatic nitrogens is 1. The van der Waals surface area contributed by atoms with E-state index in [-0.39, 0.29) is 5.91 Å². The molecule has 2 rings (SSSR count). The van der Waals surface area contributed by atoms with Crippen LogP contribution in [0.4, 0.5) is 0 Å². The maximum atomic E-state index is 12.1. The lowest BCUT2D eigenvalue weighted by molar-refractivity contribution is -0.127. The van der Waals surface area contributed by atoms with Gasteiger partial charge in [0.2, 0.25) is 0 Å². The maximum absolute atomic E-state index is 12.1. The first-order valence-corrected chi connectivity index (χ1v) is 8.77. The number of amides is 1. The molecule has 0 saturated carbocycles. The van der Waals surface area contributed by atoms with Crippen LogP contribution in [0.15, 0.2) is 23.6 Å². The van der Waals surface area contributed by atoms with Crippen molar-refractivity contribution < 1.29 is 9.53 Å². The molecule has 2 aromatic rings. The molecule has 1 atom stereocenters. The second-order valence-electron chi connectivity index (χ2n) is 5.72. The fraction of sp³-hybridized carbons (Fsp3) is 0.412. The number of carbonyl (C=O) groups excluding carboxylic acids is 1. The molecule has 6 heteroatoms. The van der Waals surface area contributed by atoms with E-state index in [2.05, 4.69) is 24.1 Å². The highest BCUT2D eigenvalue weighted by Crippen LogP contribution is 2.22. The molecule has 0 aliphatic heterocycles. The molecule has 0 aliphatic rings. The van der Waals surface area contributed by atoms with Gasteiger partial charge in [-0.05, 0) is 37.6 Å². The largest absolute Gasteiger partial charge is 0.481 e. The molecule has 0 bridgehead atoms. The van der Waals surface area contributed by atoms with E-state index in [4.69, 9.17) is 16.3 Å². The minimum atomic E-state index is -0.584. The summed E-state index contributed by atoms with van der Waals surface area (Å²) in [6.07, 6.45) is -0.584. The summed E-state index contributed by atoms with van der Waals surface area (Å²) < 4.78 is 5.66. The van der Waals surface area contributed by atoms with E-state index in [0.29, 0.717) is 23.2 Å². The van der Waals surface area contributed by atoms with Gasteiger partial charge in [0, 0.05) is 16.3 Å². The summed E-state index contributed by atoms with van der Waals surface area (Å²) in [6.45, 7) is 8.24. The van der Waals surface area contributed by atoms with Crippen molar-refractivity contribution in [2.45, 2.75) is 46.3 Å². The Labute approximate surface area is 145 Å². The molecular formula is C17H21ClN2O2S. The normalized spacial score (nSPS) is 12.3. The number of benzene rings is 1. The van der Waals surface area contributed by atoms with Crippen molar-refractivity contribution in [3.05, 3.63) is 44.9 Å². The smallest absolute Gasteiger partial charge is 0.261 e. The van der Waals surface area contributed by atoms with Gasteiger partial charge in [-0.3, -0.25) is 4.79 Å². The average molecular weight is 353 g/mol. The van der Waals surface area contributed by atoms with Crippen LogP contribution in [-0.4, -0.2) is 17.0 Å². The van der Waals surface area contributed by atoms with Crippen molar-refractivity contribution in [3.63, 3.8) is 0 Å². The zero-order chi connectivity index (χ0) is 17.0. The third-order valence-corrected chi connectivity index (χ3v) is 4.94. The first kappa shape index (κ1) is 17.8. The van der Waals surface area contributed by atoms with Gasteiger partial charge in [0.15, 0.2) is 6.10 Å². The number of rotatable bonds is 6. The summed E-state index contributed by atoms with van der Waals surface area (Å²) >= 11 is 7.60. The van der Waals surface area contributed by atoms with E-state index < -0.39 is 6.10 Å². The predicted molar refractivity (Wildman–Crippen MR) is 94.3 cm³/mol. The second-order valence-corrected chi connectivity index (χ2v) is 7.02. The number of nitrogens with zero attached hydrogens (tertiary/aromatic N) is 1. The summed E-state index contributed by atoms with van der Waals surface area (Å²) in [5, 5.41) is 6.59. The third-order valence-electron chi connectivity index (χ3n) is 3.32. The van der Waals surface area contributed by atoms with Gasteiger partial charge in [-0.25, -0.2) is 4.98 Å². The van der Waals surface area contributed by atoms with E-state index >= 15 is 0 Å². The fourth-order valence-electron chi connectivity index (χ4n) is 1.94. The van der Waals surface area contributed by atoms with Gasteiger partial charge in [0.25, 0.3) is 5.91 Å². The number of ether oxygens (including phenoxy) is 1. The summed E-state index contributed by atoms with van der Waals surface area (Å²) in [7, 11) is 0. The number of hydrogen-bond donors (Lipinski definition) is 1. The fourth-order valence-corrected chi connectivity index (χ4v) is 2.89. The Bertz CT molecular complexity index is 685. The van der Waals surface area contributed by atoms with E-state index in [1.54, 1.807) is 30.4 Å². The minimum absolute atomic E-state index is 0.170. The van der Waals surface area contributed by atoms with Crippen molar-refractivity contribution >= 4 is 28.8 Å². The van der Waals surface area contributed by atoms with Crippen LogP contribution in [0.1, 0.15) is 43.0 Å². The van der Waals surface area contributed by atoms with Crippen LogP contribution in [0.3, 0.4) is 0 Å². The van der Waals surface area contributed by atoms with Crippen LogP contribution in [-0.2, 0) is 11.3 Å². The van der Waals surface area contributed by atoms with Crippen molar-refractivity contribution in [1.82, 2.24) is 10.3 Å². The lowest BCUT2D eigenvalue weighted by atomic mass is 10.2. The number of halogens is 1. The molecule has 1 amide bonds. The molecule has 1 heterocycles. The van der Waals surface area contributed by atoms with Gasteiger partial charge in [0.05, 0.1) is 17.2 Å². The molecule has 23 heavy (non-hydrogen) atoms. The van der Waals surface area contributed by atoms with Crippen molar-refractivity contribution in [2.75, 3.05) is 0 Å². The van der Waals surface area contributed by atoms with Gasteiger partial charge < -0.3 is 10.1 Å². The number of carbonyl (C=O) groups is 1. The van der Waals surface area contributed by atoms with Gasteiger partial charge in [0.1, 0.15) is 5.75 Å². The zero-order valence-electron chi connectivity index (χ0n) is 13.7. The molecule has 0 saturated heterocycles. The standard InChI is InChI=1S/C17H21ClN2O2S/c1-10(2)17-20-13(9-23-17)8-19-16(21)12(4)22-14-5-6-15(18)11(3)7-14/h5-7,9-10,12H,8H2,1-4H3,(H,19,21). The molecule has 0 aliphatic carbocycles. The van der Waals surface area contributed by atoms with Crippen molar-refractivity contribution in [3.8, 4) is 5.75 Å². The molecule has 1 unspecified atom stereocenters. The summed E-state index contributed by atoms with van der Waals surface area (Å²) in [5.74, 6) is 0.863. The first-order chi connectivity index (χ1) is 10.9. The predicted octanol–water partition coefficient (Wildman–Crippen LogP) is 4.31. The van der Waals surface area contributed by atoms with Crippen LogP contribution in [0.5, 0.6) is 5.75 Å². The molecule has 0 radical (unpaired) electrons. The van der Waals surface area contributed by atoms with Gasteiger partial charge in [-0.2, -0.15) is 0 Å². The highest BCUT2D eigenvalue weighted by molar-refractivity contribution is 7.09. The molecule has 0 fully saturated rings. The number of aryl methyl sites for hydroxylation is 1. The molecule has 4 nitrogen and oxygen atoms in total. The molecule has 124 valence electrons. The zero-order valence-corrected chi connectivity index (χ0v) is 15.3. The topological polar surface area (TPSA) is 51.2 Å². The first-order valence-electron chi connectivity index (χ1n) is 7.51. The van der Waals surface area contributed by atoms with Crippen molar-refractivity contribution in [2.24, 2.45) is 0 Å². The molecule has 0 spiro atoms. The Hall–Kier alpha value is -1.59. The number of hydrogen-bond acceptors (Lipinski definition) is 4. The molecule has 1 aromatic carbocycles. The van der Waals surface area contributed by atoms with E-state index in [0.717, 1.165) is 16.3 Å². The Morgan fingerprint density at radius 2 is 2.13 bits per heavy atom.